The average molecular weight is 250 g/mol. The zero-order valence-electron chi connectivity index (χ0n) is 9.82. The number of methoxy groups -OCH3 is 1. The number of ether oxygens (including phenoxy) is 1. The number of carbonyl (C=O) groups excluding carboxylic acids is 1. The summed E-state index contributed by atoms with van der Waals surface area (Å²) in [5.41, 5.74) is 7.40. The molecule has 2 aromatic rings. The van der Waals surface area contributed by atoms with Gasteiger partial charge in [0.1, 0.15) is 9.71 Å². The molecule has 4 nitrogen and oxygen atoms in total. The first kappa shape index (κ1) is 11.9. The summed E-state index contributed by atoms with van der Waals surface area (Å²) in [5, 5.41) is 0.829. The number of carbonyl (C=O) groups is 1. The number of anilines is 1. The zero-order valence-corrected chi connectivity index (χ0v) is 10.6. The van der Waals surface area contributed by atoms with Crippen molar-refractivity contribution in [1.29, 1.82) is 0 Å². The van der Waals surface area contributed by atoms with Crippen LogP contribution in [0.3, 0.4) is 0 Å². The van der Waals surface area contributed by atoms with Crippen LogP contribution in [-0.2, 0) is 11.2 Å². The molecule has 0 amide bonds. The van der Waals surface area contributed by atoms with E-state index < -0.39 is 5.97 Å². The van der Waals surface area contributed by atoms with Crippen molar-refractivity contribution >= 4 is 33.2 Å². The largest absolute Gasteiger partial charge is 0.465 e. The number of aryl methyl sites for hydroxylation is 1. The topological polar surface area (TPSA) is 65.2 Å². The van der Waals surface area contributed by atoms with Crippen LogP contribution in [0.1, 0.15) is 28.7 Å². The zero-order chi connectivity index (χ0) is 12.4. The van der Waals surface area contributed by atoms with Crippen LogP contribution in [0.5, 0.6) is 0 Å². The SMILES string of the molecule is CCCc1ccc2c(N)c(C(=O)OC)sc2n1. The van der Waals surface area contributed by atoms with Crippen LogP contribution in [0.4, 0.5) is 5.69 Å². The van der Waals surface area contributed by atoms with Gasteiger partial charge in [-0.2, -0.15) is 0 Å². The lowest BCUT2D eigenvalue weighted by molar-refractivity contribution is 0.0607. The molecule has 2 rings (SSSR count). The van der Waals surface area contributed by atoms with Crippen molar-refractivity contribution in [1.82, 2.24) is 4.98 Å². The Kier molecular flexibility index (Phi) is 3.28. The molecule has 0 aliphatic carbocycles. The molecule has 17 heavy (non-hydrogen) atoms. The average Bonchev–Trinajstić information content (AvgIpc) is 2.66. The van der Waals surface area contributed by atoms with E-state index in [0.29, 0.717) is 10.6 Å². The summed E-state index contributed by atoms with van der Waals surface area (Å²) in [5.74, 6) is -0.400. The van der Waals surface area contributed by atoms with Crippen LogP contribution in [0, 0.1) is 0 Å². The van der Waals surface area contributed by atoms with E-state index in [2.05, 4.69) is 16.6 Å². The van der Waals surface area contributed by atoms with Gasteiger partial charge in [0, 0.05) is 11.1 Å². The highest BCUT2D eigenvalue weighted by atomic mass is 32.1. The standard InChI is InChI=1S/C12H14N2O2S/c1-3-4-7-5-6-8-9(13)10(12(15)16-2)17-11(8)14-7/h5-6H,3-4,13H2,1-2H3. The minimum Gasteiger partial charge on any atom is -0.465 e. The van der Waals surface area contributed by atoms with Gasteiger partial charge < -0.3 is 10.5 Å². The number of esters is 1. The molecule has 0 spiro atoms. The lowest BCUT2D eigenvalue weighted by Crippen LogP contribution is -2.01. The Labute approximate surface area is 103 Å². The number of nitrogens with zero attached hydrogens (tertiary/aromatic N) is 1. The van der Waals surface area contributed by atoms with E-state index in [9.17, 15) is 4.79 Å². The number of hydrogen-bond acceptors (Lipinski definition) is 5. The Balaban J connectivity index is 2.53. The minimum absolute atomic E-state index is 0.400. The maximum Gasteiger partial charge on any atom is 0.350 e. The first-order valence-corrected chi connectivity index (χ1v) is 6.25. The van der Waals surface area contributed by atoms with Crippen molar-refractivity contribution in [3.8, 4) is 0 Å². The lowest BCUT2D eigenvalue weighted by atomic mass is 10.2. The van der Waals surface area contributed by atoms with Gasteiger partial charge in [-0.1, -0.05) is 13.3 Å². The summed E-state index contributed by atoms with van der Waals surface area (Å²) in [4.78, 5) is 17.2. The fourth-order valence-corrected chi connectivity index (χ4v) is 2.71. The molecule has 90 valence electrons. The quantitative estimate of drug-likeness (QED) is 0.850. The molecule has 0 bridgehead atoms. The summed E-state index contributed by atoms with van der Waals surface area (Å²) in [6.07, 6.45) is 1.98. The molecule has 2 aromatic heterocycles. The molecule has 0 fully saturated rings. The predicted octanol–water partition coefficient (Wildman–Crippen LogP) is 2.62. The minimum atomic E-state index is -0.400. The molecule has 0 aromatic carbocycles. The van der Waals surface area contributed by atoms with Crippen LogP contribution in [0.15, 0.2) is 12.1 Å². The van der Waals surface area contributed by atoms with Gasteiger partial charge in [0.25, 0.3) is 0 Å². The third-order valence-corrected chi connectivity index (χ3v) is 3.62. The second-order valence-corrected chi connectivity index (χ2v) is 4.74. The van der Waals surface area contributed by atoms with Crippen molar-refractivity contribution in [2.75, 3.05) is 12.8 Å². The second kappa shape index (κ2) is 4.71. The lowest BCUT2D eigenvalue weighted by Gasteiger charge is -1.97. The van der Waals surface area contributed by atoms with Crippen molar-refractivity contribution < 1.29 is 9.53 Å². The first-order valence-electron chi connectivity index (χ1n) is 5.43. The molecule has 5 heteroatoms. The fourth-order valence-electron chi connectivity index (χ4n) is 1.68. The van der Waals surface area contributed by atoms with E-state index in [0.717, 1.165) is 28.8 Å². The van der Waals surface area contributed by atoms with Gasteiger partial charge in [-0.25, -0.2) is 9.78 Å². The molecule has 2 heterocycles. The number of aromatic nitrogens is 1. The molecule has 0 saturated carbocycles. The maximum absolute atomic E-state index is 11.5. The van der Waals surface area contributed by atoms with Crippen LogP contribution >= 0.6 is 11.3 Å². The van der Waals surface area contributed by atoms with Gasteiger partial charge in [-0.3, -0.25) is 0 Å². The Hall–Kier alpha value is -1.62. The molecule has 0 radical (unpaired) electrons. The number of fused-ring (bicyclic) bond motifs is 1. The monoisotopic (exact) mass is 250 g/mol. The number of nitrogens with two attached hydrogens (primary N) is 1. The molecular weight excluding hydrogens is 236 g/mol. The maximum atomic E-state index is 11.5. The summed E-state index contributed by atoms with van der Waals surface area (Å²) in [6, 6.07) is 3.88. The van der Waals surface area contributed by atoms with Gasteiger partial charge in [-0.05, 0) is 18.6 Å². The highest BCUT2D eigenvalue weighted by Crippen LogP contribution is 2.33. The van der Waals surface area contributed by atoms with E-state index in [1.165, 1.54) is 18.4 Å². The highest BCUT2D eigenvalue weighted by Gasteiger charge is 2.17. The van der Waals surface area contributed by atoms with Gasteiger partial charge in [0.05, 0.1) is 12.8 Å². The summed E-state index contributed by atoms with van der Waals surface area (Å²) >= 11 is 1.29. The summed E-state index contributed by atoms with van der Waals surface area (Å²) in [7, 11) is 1.35. The Bertz CT molecular complexity index is 563. The van der Waals surface area contributed by atoms with E-state index in [-0.39, 0.29) is 0 Å². The molecule has 0 saturated heterocycles. The molecule has 0 atom stereocenters. The number of thiophene rings is 1. The number of pyridine rings is 1. The summed E-state index contributed by atoms with van der Waals surface area (Å²) in [6.45, 7) is 2.11. The van der Waals surface area contributed by atoms with Crippen LogP contribution in [-0.4, -0.2) is 18.1 Å². The van der Waals surface area contributed by atoms with Gasteiger partial charge in [0.2, 0.25) is 0 Å². The second-order valence-electron chi connectivity index (χ2n) is 3.74. The van der Waals surface area contributed by atoms with Crippen molar-refractivity contribution in [3.63, 3.8) is 0 Å². The first-order chi connectivity index (χ1) is 8.17. The van der Waals surface area contributed by atoms with E-state index in [1.807, 2.05) is 12.1 Å². The normalized spacial score (nSPS) is 10.7. The van der Waals surface area contributed by atoms with Crippen molar-refractivity contribution in [2.45, 2.75) is 19.8 Å². The van der Waals surface area contributed by atoms with Crippen molar-refractivity contribution in [2.24, 2.45) is 0 Å². The van der Waals surface area contributed by atoms with Crippen LogP contribution in [0.2, 0.25) is 0 Å². The Morgan fingerprint density at radius 2 is 2.29 bits per heavy atom. The van der Waals surface area contributed by atoms with E-state index in [1.54, 1.807) is 0 Å². The van der Waals surface area contributed by atoms with E-state index in [4.69, 9.17) is 5.73 Å². The van der Waals surface area contributed by atoms with Crippen LogP contribution < -0.4 is 5.73 Å². The number of rotatable bonds is 3. The molecule has 0 aliphatic rings. The van der Waals surface area contributed by atoms with Crippen molar-refractivity contribution in [3.05, 3.63) is 22.7 Å². The summed E-state index contributed by atoms with van der Waals surface area (Å²) < 4.78 is 4.69. The van der Waals surface area contributed by atoms with Gasteiger partial charge in [0.15, 0.2) is 0 Å². The molecule has 0 aliphatic heterocycles. The smallest absolute Gasteiger partial charge is 0.350 e. The number of hydrogen-bond donors (Lipinski definition) is 1. The third-order valence-electron chi connectivity index (χ3n) is 2.53. The highest BCUT2D eigenvalue weighted by molar-refractivity contribution is 7.21. The third kappa shape index (κ3) is 2.10. The Morgan fingerprint density at radius 3 is 2.94 bits per heavy atom. The van der Waals surface area contributed by atoms with E-state index >= 15 is 0 Å². The van der Waals surface area contributed by atoms with Gasteiger partial charge in [-0.15, -0.1) is 11.3 Å². The van der Waals surface area contributed by atoms with Crippen LogP contribution in [0.25, 0.3) is 10.2 Å². The number of nitrogen functional groups attached to an aromatic ring is 1. The molecule has 0 unspecified atom stereocenters. The molecule has 2 N–H and O–H groups in total. The fraction of sp³-hybridized carbons (Fsp3) is 0.333. The predicted molar refractivity (Wildman–Crippen MR) is 69.4 cm³/mol. The van der Waals surface area contributed by atoms with Gasteiger partial charge >= 0.3 is 5.97 Å². The molecular formula is C12H14N2O2S. The Morgan fingerprint density at radius 1 is 1.53 bits per heavy atom.